The molecular weight excluding hydrogens is 438 g/mol. The Morgan fingerprint density at radius 2 is 1.59 bits per heavy atom. The smallest absolute Gasteiger partial charge is 0.335 e. The first kappa shape index (κ1) is 20.4. The summed E-state index contributed by atoms with van der Waals surface area (Å²) < 4.78 is 12.1. The summed E-state index contributed by atoms with van der Waals surface area (Å²) in [5, 5.41) is 11.7. The fraction of sp³-hybridized carbons (Fsp3) is 0.0909. The molecule has 3 rings (SSSR count). The molecule has 0 bridgehead atoms. The molecule has 29 heavy (non-hydrogen) atoms. The summed E-state index contributed by atoms with van der Waals surface area (Å²) in [6, 6.07) is 20.4. The van der Waals surface area contributed by atoms with Gasteiger partial charge in [0.15, 0.2) is 0 Å². The zero-order valence-corrected chi connectivity index (χ0v) is 16.9. The highest BCUT2D eigenvalue weighted by molar-refractivity contribution is 9.10. The van der Waals surface area contributed by atoms with Crippen molar-refractivity contribution in [3.63, 3.8) is 0 Å². The Morgan fingerprint density at radius 1 is 0.862 bits per heavy atom. The van der Waals surface area contributed by atoms with E-state index in [9.17, 15) is 9.59 Å². The SMILES string of the molecule is O=C(O)c1ccc(OCCOc2ccccc2NC(=O)c2cccc(Br)c2)cc1. The van der Waals surface area contributed by atoms with Gasteiger partial charge in [-0.25, -0.2) is 4.79 Å². The first-order valence-electron chi connectivity index (χ1n) is 8.78. The van der Waals surface area contributed by atoms with Crippen LogP contribution in [0.2, 0.25) is 0 Å². The lowest BCUT2D eigenvalue weighted by atomic mass is 10.2. The van der Waals surface area contributed by atoms with E-state index >= 15 is 0 Å². The van der Waals surface area contributed by atoms with Gasteiger partial charge in [0.25, 0.3) is 5.91 Å². The number of halogens is 1. The van der Waals surface area contributed by atoms with Crippen molar-refractivity contribution in [2.75, 3.05) is 18.5 Å². The summed E-state index contributed by atoms with van der Waals surface area (Å²) in [4.78, 5) is 23.3. The molecule has 0 aromatic heterocycles. The fourth-order valence-electron chi connectivity index (χ4n) is 2.52. The van der Waals surface area contributed by atoms with Crippen LogP contribution in [0.3, 0.4) is 0 Å². The topological polar surface area (TPSA) is 84.9 Å². The number of carboxylic acids is 1. The molecule has 0 saturated carbocycles. The average Bonchev–Trinajstić information content (AvgIpc) is 2.72. The first-order chi connectivity index (χ1) is 14.0. The van der Waals surface area contributed by atoms with Gasteiger partial charge in [-0.2, -0.15) is 0 Å². The van der Waals surface area contributed by atoms with Crippen LogP contribution in [0, 0.1) is 0 Å². The van der Waals surface area contributed by atoms with Crippen LogP contribution in [-0.2, 0) is 0 Å². The van der Waals surface area contributed by atoms with Gasteiger partial charge in [0.2, 0.25) is 0 Å². The Bertz CT molecular complexity index is 1000. The van der Waals surface area contributed by atoms with Gasteiger partial charge in [-0.15, -0.1) is 0 Å². The summed E-state index contributed by atoms with van der Waals surface area (Å²) in [6.07, 6.45) is 0. The molecular formula is C22H18BrNO5. The maximum atomic E-state index is 12.5. The summed E-state index contributed by atoms with van der Waals surface area (Å²) in [7, 11) is 0. The summed E-state index contributed by atoms with van der Waals surface area (Å²) in [6.45, 7) is 0.519. The molecule has 0 atom stereocenters. The Balaban J connectivity index is 1.55. The van der Waals surface area contributed by atoms with E-state index in [4.69, 9.17) is 14.6 Å². The number of carboxylic acid groups (broad SMARTS) is 1. The van der Waals surface area contributed by atoms with E-state index in [0.29, 0.717) is 22.7 Å². The monoisotopic (exact) mass is 455 g/mol. The minimum atomic E-state index is -0.985. The zero-order chi connectivity index (χ0) is 20.6. The number of ether oxygens (including phenoxy) is 2. The predicted octanol–water partition coefficient (Wildman–Crippen LogP) is 4.86. The Kier molecular flexibility index (Phi) is 6.86. The van der Waals surface area contributed by atoms with Gasteiger partial charge in [-0.05, 0) is 54.6 Å². The van der Waals surface area contributed by atoms with Crippen LogP contribution in [0.5, 0.6) is 11.5 Å². The molecule has 0 unspecified atom stereocenters. The Hall–Kier alpha value is -3.32. The predicted molar refractivity (Wildman–Crippen MR) is 113 cm³/mol. The molecule has 0 heterocycles. The molecule has 0 aliphatic carbocycles. The third-order valence-electron chi connectivity index (χ3n) is 3.93. The molecule has 1 amide bonds. The number of carbonyl (C=O) groups excluding carboxylic acids is 1. The van der Waals surface area contributed by atoms with Crippen molar-refractivity contribution in [1.29, 1.82) is 0 Å². The van der Waals surface area contributed by atoms with E-state index in [1.807, 2.05) is 18.2 Å². The lowest BCUT2D eigenvalue weighted by Gasteiger charge is -2.13. The van der Waals surface area contributed by atoms with E-state index in [1.165, 1.54) is 12.1 Å². The van der Waals surface area contributed by atoms with Crippen molar-refractivity contribution in [1.82, 2.24) is 0 Å². The van der Waals surface area contributed by atoms with Crippen molar-refractivity contribution in [2.24, 2.45) is 0 Å². The van der Waals surface area contributed by atoms with Crippen molar-refractivity contribution in [3.05, 3.63) is 88.4 Å². The normalized spacial score (nSPS) is 10.2. The fourth-order valence-corrected chi connectivity index (χ4v) is 2.92. The third kappa shape index (κ3) is 5.83. The van der Waals surface area contributed by atoms with Gasteiger partial charge in [0, 0.05) is 10.0 Å². The van der Waals surface area contributed by atoms with Gasteiger partial charge in [0.1, 0.15) is 24.7 Å². The number of nitrogens with one attached hydrogen (secondary N) is 1. The quantitative estimate of drug-likeness (QED) is 0.473. The molecule has 0 aliphatic rings. The lowest BCUT2D eigenvalue weighted by Crippen LogP contribution is -2.14. The molecule has 7 heteroatoms. The summed E-state index contributed by atoms with van der Waals surface area (Å²) in [5.74, 6) is -0.144. The van der Waals surface area contributed by atoms with Crippen LogP contribution in [0.15, 0.2) is 77.3 Å². The highest BCUT2D eigenvalue weighted by Gasteiger charge is 2.10. The number of anilines is 1. The van der Waals surface area contributed by atoms with Gasteiger partial charge >= 0.3 is 5.97 Å². The van der Waals surface area contributed by atoms with E-state index in [1.54, 1.807) is 42.5 Å². The van der Waals surface area contributed by atoms with Crippen LogP contribution >= 0.6 is 15.9 Å². The van der Waals surface area contributed by atoms with Gasteiger partial charge in [-0.1, -0.05) is 34.1 Å². The standard InChI is InChI=1S/C22H18BrNO5/c23-17-5-3-4-16(14-17)21(25)24-19-6-1-2-7-20(19)29-13-12-28-18-10-8-15(9-11-18)22(26)27/h1-11,14H,12-13H2,(H,24,25)(H,26,27). The maximum absolute atomic E-state index is 12.5. The number of benzene rings is 3. The van der Waals surface area contributed by atoms with Crippen LogP contribution in [0.4, 0.5) is 5.69 Å². The molecule has 2 N–H and O–H groups in total. The van der Waals surface area contributed by atoms with Crippen molar-refractivity contribution in [2.45, 2.75) is 0 Å². The second-order valence-corrected chi connectivity index (χ2v) is 6.90. The van der Waals surface area contributed by atoms with E-state index in [2.05, 4.69) is 21.2 Å². The van der Waals surface area contributed by atoms with Gasteiger partial charge in [0.05, 0.1) is 11.3 Å². The van der Waals surface area contributed by atoms with Crippen LogP contribution in [-0.4, -0.2) is 30.2 Å². The molecule has 0 fully saturated rings. The number of para-hydroxylation sites is 2. The summed E-state index contributed by atoms with van der Waals surface area (Å²) >= 11 is 3.36. The molecule has 0 spiro atoms. The molecule has 0 radical (unpaired) electrons. The highest BCUT2D eigenvalue weighted by atomic mass is 79.9. The van der Waals surface area contributed by atoms with Crippen LogP contribution in [0.1, 0.15) is 20.7 Å². The molecule has 148 valence electrons. The zero-order valence-electron chi connectivity index (χ0n) is 15.3. The molecule has 3 aromatic rings. The molecule has 0 aliphatic heterocycles. The maximum Gasteiger partial charge on any atom is 0.335 e. The number of rotatable bonds is 8. The van der Waals surface area contributed by atoms with E-state index < -0.39 is 5.97 Å². The average molecular weight is 456 g/mol. The van der Waals surface area contributed by atoms with Gasteiger partial charge < -0.3 is 19.9 Å². The number of aromatic carboxylic acids is 1. The molecule has 3 aromatic carbocycles. The third-order valence-corrected chi connectivity index (χ3v) is 4.43. The van der Waals surface area contributed by atoms with Crippen molar-refractivity contribution >= 4 is 33.5 Å². The van der Waals surface area contributed by atoms with Gasteiger partial charge in [-0.3, -0.25) is 4.79 Å². The van der Waals surface area contributed by atoms with Crippen LogP contribution in [0.25, 0.3) is 0 Å². The Morgan fingerprint density at radius 3 is 2.31 bits per heavy atom. The van der Waals surface area contributed by atoms with Crippen LogP contribution < -0.4 is 14.8 Å². The number of hydrogen-bond acceptors (Lipinski definition) is 4. The van der Waals surface area contributed by atoms with E-state index in [0.717, 1.165) is 4.47 Å². The van der Waals surface area contributed by atoms with Crippen molar-refractivity contribution in [3.8, 4) is 11.5 Å². The first-order valence-corrected chi connectivity index (χ1v) is 9.57. The number of amides is 1. The Labute approximate surface area is 176 Å². The molecule has 0 saturated heterocycles. The second-order valence-electron chi connectivity index (χ2n) is 5.99. The largest absolute Gasteiger partial charge is 0.490 e. The summed E-state index contributed by atoms with van der Waals surface area (Å²) in [5.41, 5.74) is 1.29. The second kappa shape index (κ2) is 9.75. The number of hydrogen-bond donors (Lipinski definition) is 2. The number of carbonyl (C=O) groups is 2. The minimum Gasteiger partial charge on any atom is -0.490 e. The minimum absolute atomic E-state index is 0.198. The lowest BCUT2D eigenvalue weighted by molar-refractivity contribution is 0.0696. The highest BCUT2D eigenvalue weighted by Crippen LogP contribution is 2.25. The molecule has 6 nitrogen and oxygen atoms in total. The van der Waals surface area contributed by atoms with E-state index in [-0.39, 0.29) is 24.7 Å². The van der Waals surface area contributed by atoms with Crippen molar-refractivity contribution < 1.29 is 24.2 Å².